The molecule has 0 saturated carbocycles. The van der Waals surface area contributed by atoms with Crippen LogP contribution >= 0.6 is 0 Å². The molecule has 1 amide bonds. The normalized spacial score (nSPS) is 11.1. The van der Waals surface area contributed by atoms with Crippen molar-refractivity contribution in [2.45, 2.75) is 25.8 Å². The predicted octanol–water partition coefficient (Wildman–Crippen LogP) is 2.24. The lowest BCUT2D eigenvalue weighted by Gasteiger charge is -2.08. The van der Waals surface area contributed by atoms with E-state index in [1.54, 1.807) is 30.9 Å². The first kappa shape index (κ1) is 19.7. The van der Waals surface area contributed by atoms with E-state index in [0.717, 1.165) is 16.7 Å². The zero-order valence-corrected chi connectivity index (χ0v) is 17.0. The van der Waals surface area contributed by atoms with Crippen LogP contribution < -0.4 is 14.8 Å². The van der Waals surface area contributed by atoms with Crippen LogP contribution in [0.25, 0.3) is 16.6 Å². The van der Waals surface area contributed by atoms with Crippen molar-refractivity contribution in [3.8, 4) is 11.6 Å². The van der Waals surface area contributed by atoms with Gasteiger partial charge in [-0.3, -0.25) is 4.79 Å². The molecule has 0 aliphatic carbocycles. The zero-order valence-electron chi connectivity index (χ0n) is 17.0. The summed E-state index contributed by atoms with van der Waals surface area (Å²) in [4.78, 5) is 12.2. The summed E-state index contributed by atoms with van der Waals surface area (Å²) >= 11 is 0. The molecule has 3 aromatic heterocycles. The number of hydrogen-bond donors (Lipinski definition) is 1. The van der Waals surface area contributed by atoms with E-state index in [0.29, 0.717) is 49.7 Å². The van der Waals surface area contributed by atoms with Gasteiger partial charge < -0.3 is 19.4 Å². The largest absolute Gasteiger partial charge is 0.497 e. The lowest BCUT2D eigenvalue weighted by Crippen LogP contribution is -2.26. The van der Waals surface area contributed by atoms with E-state index in [2.05, 4.69) is 25.2 Å². The van der Waals surface area contributed by atoms with Gasteiger partial charge in [-0.15, -0.1) is 15.3 Å². The van der Waals surface area contributed by atoms with E-state index in [4.69, 9.17) is 9.47 Å². The highest BCUT2D eigenvalue weighted by atomic mass is 16.5. The van der Waals surface area contributed by atoms with Gasteiger partial charge in [-0.1, -0.05) is 0 Å². The van der Waals surface area contributed by atoms with E-state index in [-0.39, 0.29) is 5.91 Å². The molecule has 30 heavy (non-hydrogen) atoms. The molecule has 0 aliphatic rings. The number of rotatable bonds is 9. The number of carbonyl (C=O) groups is 1. The number of nitrogens with one attached hydrogen (secondary N) is 1. The van der Waals surface area contributed by atoms with Crippen molar-refractivity contribution in [3.05, 3.63) is 48.4 Å². The van der Waals surface area contributed by atoms with Crippen LogP contribution in [0.4, 0.5) is 0 Å². The second kappa shape index (κ2) is 8.81. The molecule has 156 valence electrons. The molecule has 0 saturated heterocycles. The Morgan fingerprint density at radius 2 is 2.00 bits per heavy atom. The highest BCUT2D eigenvalue weighted by molar-refractivity contribution is 5.81. The zero-order chi connectivity index (χ0) is 20.9. The minimum Gasteiger partial charge on any atom is -0.497 e. The molecule has 4 rings (SSSR count). The summed E-state index contributed by atoms with van der Waals surface area (Å²) in [5.74, 6) is 2.07. The SMILES string of the molecule is COc1ccc2c(ccn2CCNC(=O)CCCc2nnc3ccc(OC)nn23)c1. The first-order valence-electron chi connectivity index (χ1n) is 9.83. The lowest BCUT2D eigenvalue weighted by molar-refractivity contribution is -0.121. The third kappa shape index (κ3) is 4.19. The van der Waals surface area contributed by atoms with Crippen LogP contribution in [0, 0.1) is 0 Å². The molecule has 0 fully saturated rings. The average Bonchev–Trinajstić information content (AvgIpc) is 3.37. The maximum Gasteiger partial charge on any atom is 0.231 e. The monoisotopic (exact) mass is 408 g/mol. The molecular weight excluding hydrogens is 384 g/mol. The summed E-state index contributed by atoms with van der Waals surface area (Å²) in [6, 6.07) is 11.6. The third-order valence-corrected chi connectivity index (χ3v) is 4.97. The van der Waals surface area contributed by atoms with Gasteiger partial charge in [0.1, 0.15) is 5.75 Å². The Labute approximate surface area is 173 Å². The molecule has 0 unspecified atom stereocenters. The molecule has 0 aliphatic heterocycles. The highest BCUT2D eigenvalue weighted by Crippen LogP contribution is 2.21. The van der Waals surface area contributed by atoms with E-state index in [9.17, 15) is 4.79 Å². The summed E-state index contributed by atoms with van der Waals surface area (Å²) in [7, 11) is 3.22. The fourth-order valence-electron chi connectivity index (χ4n) is 3.39. The van der Waals surface area contributed by atoms with E-state index >= 15 is 0 Å². The molecule has 9 nitrogen and oxygen atoms in total. The van der Waals surface area contributed by atoms with Crippen molar-refractivity contribution in [2.75, 3.05) is 20.8 Å². The summed E-state index contributed by atoms with van der Waals surface area (Å²) < 4.78 is 14.2. The maximum atomic E-state index is 12.2. The van der Waals surface area contributed by atoms with Gasteiger partial charge >= 0.3 is 0 Å². The van der Waals surface area contributed by atoms with Crippen molar-refractivity contribution < 1.29 is 14.3 Å². The molecule has 1 N–H and O–H groups in total. The number of aromatic nitrogens is 5. The molecular formula is C21H24N6O3. The number of aryl methyl sites for hydroxylation is 1. The van der Waals surface area contributed by atoms with Crippen molar-refractivity contribution in [2.24, 2.45) is 0 Å². The fraction of sp³-hybridized carbons (Fsp3) is 0.333. The maximum absolute atomic E-state index is 12.2. The quantitative estimate of drug-likeness (QED) is 0.456. The number of amides is 1. The van der Waals surface area contributed by atoms with Gasteiger partial charge in [0.05, 0.1) is 14.2 Å². The average molecular weight is 408 g/mol. The Kier molecular flexibility index (Phi) is 5.78. The van der Waals surface area contributed by atoms with Crippen molar-refractivity contribution in [1.29, 1.82) is 0 Å². The first-order chi connectivity index (χ1) is 14.7. The van der Waals surface area contributed by atoms with E-state index in [1.807, 2.05) is 30.5 Å². The van der Waals surface area contributed by atoms with Crippen LogP contribution in [-0.4, -0.2) is 51.1 Å². The van der Waals surface area contributed by atoms with Crippen molar-refractivity contribution in [3.63, 3.8) is 0 Å². The van der Waals surface area contributed by atoms with Crippen LogP contribution in [-0.2, 0) is 17.8 Å². The standard InChI is InChI=1S/C21H24N6O3/c1-29-16-6-7-17-15(14-16)10-12-26(17)13-11-22-20(28)5-3-4-18-23-24-19-8-9-21(30-2)25-27(18)19/h6-10,12,14H,3-5,11,13H2,1-2H3,(H,22,28). The Hall–Kier alpha value is -3.62. The van der Waals surface area contributed by atoms with Crippen molar-refractivity contribution in [1.82, 2.24) is 29.7 Å². The summed E-state index contributed by atoms with van der Waals surface area (Å²) in [5, 5.41) is 16.7. The Morgan fingerprint density at radius 3 is 2.83 bits per heavy atom. The van der Waals surface area contributed by atoms with Gasteiger partial charge in [-0.05, 0) is 36.8 Å². The molecule has 3 heterocycles. The number of carbonyl (C=O) groups excluding carboxylic acids is 1. The van der Waals surface area contributed by atoms with Gasteiger partial charge in [0.15, 0.2) is 11.5 Å². The molecule has 0 radical (unpaired) electrons. The molecule has 1 aromatic carbocycles. The lowest BCUT2D eigenvalue weighted by atomic mass is 10.2. The number of hydrogen-bond acceptors (Lipinski definition) is 6. The minimum atomic E-state index is 0.0208. The van der Waals surface area contributed by atoms with Gasteiger partial charge in [0.25, 0.3) is 0 Å². The van der Waals surface area contributed by atoms with Gasteiger partial charge in [-0.25, -0.2) is 0 Å². The smallest absolute Gasteiger partial charge is 0.231 e. The molecule has 4 aromatic rings. The number of methoxy groups -OCH3 is 2. The van der Waals surface area contributed by atoms with E-state index < -0.39 is 0 Å². The van der Waals surface area contributed by atoms with Gasteiger partial charge in [0, 0.05) is 49.1 Å². The van der Waals surface area contributed by atoms with Gasteiger partial charge in [-0.2, -0.15) is 4.52 Å². The Morgan fingerprint density at radius 1 is 1.10 bits per heavy atom. The Balaban J connectivity index is 1.25. The summed E-state index contributed by atoms with van der Waals surface area (Å²) in [6.45, 7) is 1.28. The first-order valence-corrected chi connectivity index (χ1v) is 9.83. The molecule has 0 atom stereocenters. The van der Waals surface area contributed by atoms with Crippen LogP contribution in [0.15, 0.2) is 42.6 Å². The molecule has 9 heteroatoms. The number of fused-ring (bicyclic) bond motifs is 2. The van der Waals surface area contributed by atoms with Crippen LogP contribution in [0.5, 0.6) is 11.6 Å². The second-order valence-electron chi connectivity index (χ2n) is 6.90. The topological polar surface area (TPSA) is 95.6 Å². The van der Waals surface area contributed by atoms with Crippen LogP contribution in [0.3, 0.4) is 0 Å². The second-order valence-corrected chi connectivity index (χ2v) is 6.90. The van der Waals surface area contributed by atoms with Crippen molar-refractivity contribution >= 4 is 22.5 Å². The number of ether oxygens (including phenoxy) is 2. The highest BCUT2D eigenvalue weighted by Gasteiger charge is 2.09. The molecule has 0 bridgehead atoms. The van der Waals surface area contributed by atoms with E-state index in [1.165, 1.54) is 0 Å². The fourth-order valence-corrected chi connectivity index (χ4v) is 3.39. The predicted molar refractivity (Wildman–Crippen MR) is 112 cm³/mol. The summed E-state index contributed by atoms with van der Waals surface area (Å²) in [5.41, 5.74) is 1.78. The molecule has 0 spiro atoms. The van der Waals surface area contributed by atoms with Crippen LogP contribution in [0.2, 0.25) is 0 Å². The number of nitrogens with zero attached hydrogens (tertiary/aromatic N) is 5. The van der Waals surface area contributed by atoms with Gasteiger partial charge in [0.2, 0.25) is 11.8 Å². The third-order valence-electron chi connectivity index (χ3n) is 4.97. The Bertz CT molecular complexity index is 1170. The summed E-state index contributed by atoms with van der Waals surface area (Å²) in [6.07, 6.45) is 3.72. The minimum absolute atomic E-state index is 0.0208. The number of benzene rings is 1. The van der Waals surface area contributed by atoms with Crippen LogP contribution in [0.1, 0.15) is 18.7 Å².